The van der Waals surface area contributed by atoms with Gasteiger partial charge in [-0.3, -0.25) is 0 Å². The first-order valence-electron chi connectivity index (χ1n) is 5.47. The maximum atomic E-state index is 13.5. The summed E-state index contributed by atoms with van der Waals surface area (Å²) in [4.78, 5) is 2.23. The third-order valence-electron chi connectivity index (χ3n) is 2.92. The third kappa shape index (κ3) is 2.44. The Morgan fingerprint density at radius 1 is 1.50 bits per heavy atom. The molecule has 1 aromatic carbocycles. The molecule has 16 heavy (non-hydrogen) atoms. The second-order valence-electron chi connectivity index (χ2n) is 4.24. The van der Waals surface area contributed by atoms with Crippen LogP contribution >= 0.6 is 0 Å². The summed E-state index contributed by atoms with van der Waals surface area (Å²) < 4.78 is 18.6. The van der Waals surface area contributed by atoms with E-state index in [0.717, 1.165) is 19.5 Å². The molecule has 4 heteroatoms. The van der Waals surface area contributed by atoms with Gasteiger partial charge in [0.1, 0.15) is 11.6 Å². The van der Waals surface area contributed by atoms with E-state index in [1.807, 2.05) is 0 Å². The SMILES string of the molecule is COc1ccc(F)c(NC2CCN(C)C2)c1. The highest BCUT2D eigenvalue weighted by molar-refractivity contribution is 5.50. The van der Waals surface area contributed by atoms with E-state index in [-0.39, 0.29) is 5.82 Å². The number of likely N-dealkylation sites (N-methyl/N-ethyl adjacent to an activating group) is 1. The number of nitrogens with one attached hydrogen (secondary N) is 1. The van der Waals surface area contributed by atoms with Gasteiger partial charge in [-0.1, -0.05) is 0 Å². The minimum Gasteiger partial charge on any atom is -0.497 e. The maximum Gasteiger partial charge on any atom is 0.146 e. The highest BCUT2D eigenvalue weighted by atomic mass is 19.1. The van der Waals surface area contributed by atoms with Crippen molar-refractivity contribution in [2.24, 2.45) is 0 Å². The van der Waals surface area contributed by atoms with Crippen LogP contribution < -0.4 is 10.1 Å². The Morgan fingerprint density at radius 2 is 2.31 bits per heavy atom. The largest absolute Gasteiger partial charge is 0.497 e. The first kappa shape index (κ1) is 11.2. The van der Waals surface area contributed by atoms with E-state index >= 15 is 0 Å². The topological polar surface area (TPSA) is 24.5 Å². The van der Waals surface area contributed by atoms with E-state index in [2.05, 4.69) is 17.3 Å². The van der Waals surface area contributed by atoms with Gasteiger partial charge >= 0.3 is 0 Å². The summed E-state index contributed by atoms with van der Waals surface area (Å²) in [7, 11) is 3.66. The number of benzene rings is 1. The highest BCUT2D eigenvalue weighted by Gasteiger charge is 2.20. The molecule has 1 aromatic rings. The molecule has 88 valence electrons. The van der Waals surface area contributed by atoms with Crippen molar-refractivity contribution in [1.29, 1.82) is 0 Å². The van der Waals surface area contributed by atoms with E-state index in [1.54, 1.807) is 19.2 Å². The second-order valence-corrected chi connectivity index (χ2v) is 4.24. The molecule has 1 saturated heterocycles. The lowest BCUT2D eigenvalue weighted by Gasteiger charge is -2.15. The third-order valence-corrected chi connectivity index (χ3v) is 2.92. The predicted octanol–water partition coefficient (Wildman–Crippen LogP) is 1.95. The molecule has 1 aliphatic rings. The van der Waals surface area contributed by atoms with Gasteiger partial charge in [0.15, 0.2) is 0 Å². The molecule has 0 bridgehead atoms. The fourth-order valence-corrected chi connectivity index (χ4v) is 2.01. The van der Waals surface area contributed by atoms with Gasteiger partial charge in [-0.15, -0.1) is 0 Å². The summed E-state index contributed by atoms with van der Waals surface area (Å²) in [6.07, 6.45) is 1.05. The number of anilines is 1. The molecule has 1 N–H and O–H groups in total. The van der Waals surface area contributed by atoms with Crippen molar-refractivity contribution in [1.82, 2.24) is 4.90 Å². The lowest BCUT2D eigenvalue weighted by atomic mass is 10.2. The summed E-state index contributed by atoms with van der Waals surface area (Å²) in [6, 6.07) is 5.08. The number of likely N-dealkylation sites (tertiary alicyclic amines) is 1. The van der Waals surface area contributed by atoms with Gasteiger partial charge in [-0.2, -0.15) is 0 Å². The quantitative estimate of drug-likeness (QED) is 0.849. The van der Waals surface area contributed by atoms with E-state index in [1.165, 1.54) is 6.07 Å². The normalized spacial score (nSPS) is 21.1. The molecule has 0 aliphatic carbocycles. The molecular weight excluding hydrogens is 207 g/mol. The molecule has 0 aromatic heterocycles. The van der Waals surface area contributed by atoms with Crippen molar-refractivity contribution in [2.45, 2.75) is 12.5 Å². The van der Waals surface area contributed by atoms with Gasteiger partial charge in [0.2, 0.25) is 0 Å². The molecule has 1 atom stereocenters. The smallest absolute Gasteiger partial charge is 0.146 e. The Morgan fingerprint density at radius 3 is 2.94 bits per heavy atom. The number of hydrogen-bond acceptors (Lipinski definition) is 3. The zero-order valence-electron chi connectivity index (χ0n) is 9.66. The van der Waals surface area contributed by atoms with Gasteiger partial charge in [0.25, 0.3) is 0 Å². The average molecular weight is 224 g/mol. The summed E-state index contributed by atoms with van der Waals surface area (Å²) in [5.74, 6) is 0.450. The van der Waals surface area contributed by atoms with Crippen LogP contribution in [-0.4, -0.2) is 38.2 Å². The van der Waals surface area contributed by atoms with Crippen LogP contribution in [0.4, 0.5) is 10.1 Å². The maximum absolute atomic E-state index is 13.5. The Balaban J connectivity index is 2.08. The Kier molecular flexibility index (Phi) is 3.29. The standard InChI is InChI=1S/C12H17FN2O/c1-15-6-5-9(8-15)14-12-7-10(16-2)3-4-11(12)13/h3-4,7,9,14H,5-6,8H2,1-2H3. The second kappa shape index (κ2) is 4.70. The van der Waals surface area contributed by atoms with Crippen molar-refractivity contribution in [2.75, 3.05) is 32.6 Å². The van der Waals surface area contributed by atoms with Crippen molar-refractivity contribution >= 4 is 5.69 Å². The number of methoxy groups -OCH3 is 1. The summed E-state index contributed by atoms with van der Waals surface area (Å²) in [5.41, 5.74) is 0.527. The molecule has 3 nitrogen and oxygen atoms in total. The van der Waals surface area contributed by atoms with Crippen LogP contribution in [0.25, 0.3) is 0 Å². The van der Waals surface area contributed by atoms with Crippen LogP contribution in [0.15, 0.2) is 18.2 Å². The van der Waals surface area contributed by atoms with Crippen LogP contribution in [0.2, 0.25) is 0 Å². The van der Waals surface area contributed by atoms with Crippen molar-refractivity contribution in [3.8, 4) is 5.75 Å². The lowest BCUT2D eigenvalue weighted by molar-refractivity contribution is 0.412. The van der Waals surface area contributed by atoms with Crippen LogP contribution in [0, 0.1) is 5.82 Å². The van der Waals surface area contributed by atoms with Crippen LogP contribution in [-0.2, 0) is 0 Å². The predicted molar refractivity (Wildman–Crippen MR) is 62.5 cm³/mol. The van der Waals surface area contributed by atoms with Crippen molar-refractivity contribution in [3.05, 3.63) is 24.0 Å². The number of ether oxygens (including phenoxy) is 1. The minimum atomic E-state index is -0.227. The molecule has 0 amide bonds. The van der Waals surface area contributed by atoms with Crippen molar-refractivity contribution < 1.29 is 9.13 Å². The summed E-state index contributed by atoms with van der Waals surface area (Å²) in [6.45, 7) is 2.01. The number of hydrogen-bond donors (Lipinski definition) is 1. The summed E-state index contributed by atoms with van der Waals surface area (Å²) >= 11 is 0. The Hall–Kier alpha value is -1.29. The molecule has 2 rings (SSSR count). The minimum absolute atomic E-state index is 0.227. The average Bonchev–Trinajstić information content (AvgIpc) is 2.67. The van der Waals surface area contributed by atoms with E-state index < -0.39 is 0 Å². The number of rotatable bonds is 3. The fraction of sp³-hybridized carbons (Fsp3) is 0.500. The molecule has 1 heterocycles. The lowest BCUT2D eigenvalue weighted by Crippen LogP contribution is -2.23. The zero-order chi connectivity index (χ0) is 11.5. The molecule has 1 fully saturated rings. The van der Waals surface area contributed by atoms with Gasteiger partial charge < -0.3 is 15.0 Å². The first-order valence-corrected chi connectivity index (χ1v) is 5.47. The molecule has 0 saturated carbocycles. The van der Waals surface area contributed by atoms with Crippen molar-refractivity contribution in [3.63, 3.8) is 0 Å². The molecule has 1 unspecified atom stereocenters. The number of nitrogens with zero attached hydrogens (tertiary/aromatic N) is 1. The molecule has 0 spiro atoms. The summed E-state index contributed by atoms with van der Waals surface area (Å²) in [5, 5.41) is 3.22. The number of halogens is 1. The molecule has 1 aliphatic heterocycles. The highest BCUT2D eigenvalue weighted by Crippen LogP contribution is 2.23. The van der Waals surface area contributed by atoms with Gasteiger partial charge in [0.05, 0.1) is 12.8 Å². The van der Waals surface area contributed by atoms with Gasteiger partial charge in [-0.05, 0) is 32.1 Å². The zero-order valence-corrected chi connectivity index (χ0v) is 9.66. The van der Waals surface area contributed by atoms with Crippen LogP contribution in [0.3, 0.4) is 0 Å². The van der Waals surface area contributed by atoms with E-state index in [4.69, 9.17) is 4.74 Å². The van der Waals surface area contributed by atoms with Gasteiger partial charge in [-0.25, -0.2) is 4.39 Å². The Labute approximate surface area is 95.2 Å². The monoisotopic (exact) mass is 224 g/mol. The Bertz CT molecular complexity index is 370. The first-order chi connectivity index (χ1) is 7.69. The fourth-order valence-electron chi connectivity index (χ4n) is 2.01. The van der Waals surface area contributed by atoms with Crippen LogP contribution in [0.1, 0.15) is 6.42 Å². The molecule has 0 radical (unpaired) electrons. The molecular formula is C12H17FN2O. The van der Waals surface area contributed by atoms with Crippen LogP contribution in [0.5, 0.6) is 5.75 Å². The van der Waals surface area contributed by atoms with E-state index in [0.29, 0.717) is 17.5 Å². The van der Waals surface area contributed by atoms with E-state index in [9.17, 15) is 4.39 Å². The van der Waals surface area contributed by atoms with Gasteiger partial charge in [0, 0.05) is 18.7 Å².